The summed E-state index contributed by atoms with van der Waals surface area (Å²) in [4.78, 5) is 19.0. The topological polar surface area (TPSA) is 80.5 Å². The number of carbonyl (C=O) groups is 1. The lowest BCUT2D eigenvalue weighted by atomic mass is 9.96. The number of nitrogens with one attached hydrogen (secondary N) is 1. The van der Waals surface area contributed by atoms with E-state index in [-0.39, 0.29) is 17.9 Å². The van der Waals surface area contributed by atoms with Crippen molar-refractivity contribution < 1.29 is 14.1 Å². The van der Waals surface area contributed by atoms with Crippen LogP contribution in [-0.4, -0.2) is 40.6 Å². The third-order valence-electron chi connectivity index (χ3n) is 4.62. The molecule has 0 radical (unpaired) electrons. The summed E-state index contributed by atoms with van der Waals surface area (Å²) in [5, 5.41) is 6.98. The third-order valence-corrected chi connectivity index (χ3v) is 4.62. The standard InChI is InChI=1S/C19H26N4O3/c1-3-25-14(2)18-21-17(26-22-18)13-23-11-9-15(10-12-23)19(24)20-16-7-5-4-6-8-16/h4-8,14-15H,3,9-13H2,1-2H3,(H,20,24). The Balaban J connectivity index is 1.46. The lowest BCUT2D eigenvalue weighted by Gasteiger charge is -2.30. The number of benzene rings is 1. The van der Waals surface area contributed by atoms with Crippen molar-refractivity contribution in [2.75, 3.05) is 25.0 Å². The Bertz CT molecular complexity index is 696. The Morgan fingerprint density at radius 2 is 2.08 bits per heavy atom. The minimum Gasteiger partial charge on any atom is -0.371 e. The number of para-hydroxylation sites is 1. The number of rotatable bonds is 7. The van der Waals surface area contributed by atoms with E-state index in [1.807, 2.05) is 44.2 Å². The molecule has 0 spiro atoms. The van der Waals surface area contributed by atoms with Gasteiger partial charge in [-0.05, 0) is 51.9 Å². The van der Waals surface area contributed by atoms with E-state index in [1.165, 1.54) is 0 Å². The summed E-state index contributed by atoms with van der Waals surface area (Å²) in [7, 11) is 0. The van der Waals surface area contributed by atoms with Gasteiger partial charge in [-0.2, -0.15) is 4.98 Å². The number of aromatic nitrogens is 2. The molecule has 1 atom stereocenters. The fraction of sp³-hybridized carbons (Fsp3) is 0.526. The molecule has 1 fully saturated rings. The molecule has 0 bridgehead atoms. The zero-order chi connectivity index (χ0) is 18.4. The monoisotopic (exact) mass is 358 g/mol. The first-order valence-electron chi connectivity index (χ1n) is 9.18. The van der Waals surface area contributed by atoms with Gasteiger partial charge >= 0.3 is 0 Å². The van der Waals surface area contributed by atoms with Crippen molar-refractivity contribution in [3.05, 3.63) is 42.0 Å². The van der Waals surface area contributed by atoms with E-state index in [0.717, 1.165) is 31.6 Å². The number of anilines is 1. The van der Waals surface area contributed by atoms with Crippen LogP contribution in [-0.2, 0) is 16.1 Å². The molecule has 1 aliphatic rings. The van der Waals surface area contributed by atoms with Crippen LogP contribution in [0.2, 0.25) is 0 Å². The van der Waals surface area contributed by atoms with Gasteiger partial charge in [0, 0.05) is 18.2 Å². The van der Waals surface area contributed by atoms with Gasteiger partial charge in [-0.1, -0.05) is 23.4 Å². The Morgan fingerprint density at radius 3 is 2.77 bits per heavy atom. The van der Waals surface area contributed by atoms with Crippen LogP contribution in [0.1, 0.15) is 44.5 Å². The summed E-state index contributed by atoms with van der Waals surface area (Å²) in [5.74, 6) is 1.32. The molecule has 1 aromatic carbocycles. The van der Waals surface area contributed by atoms with Crippen molar-refractivity contribution in [3.8, 4) is 0 Å². The maximum atomic E-state index is 12.4. The second-order valence-corrected chi connectivity index (χ2v) is 6.55. The van der Waals surface area contributed by atoms with Crippen molar-refractivity contribution in [1.29, 1.82) is 0 Å². The van der Waals surface area contributed by atoms with Crippen molar-refractivity contribution in [3.63, 3.8) is 0 Å². The maximum Gasteiger partial charge on any atom is 0.240 e. The molecule has 26 heavy (non-hydrogen) atoms. The molecule has 7 heteroatoms. The molecular weight excluding hydrogens is 332 g/mol. The van der Waals surface area contributed by atoms with E-state index in [1.54, 1.807) is 0 Å². The SMILES string of the molecule is CCOC(C)c1noc(CN2CCC(C(=O)Nc3ccccc3)CC2)n1. The van der Waals surface area contributed by atoms with Crippen LogP contribution in [0.25, 0.3) is 0 Å². The molecule has 0 saturated carbocycles. The minimum absolute atomic E-state index is 0.0441. The highest BCUT2D eigenvalue weighted by molar-refractivity contribution is 5.92. The highest BCUT2D eigenvalue weighted by Gasteiger charge is 2.26. The third kappa shape index (κ3) is 4.89. The fourth-order valence-corrected chi connectivity index (χ4v) is 3.13. The number of likely N-dealkylation sites (tertiary alicyclic amines) is 1. The van der Waals surface area contributed by atoms with E-state index in [0.29, 0.717) is 24.9 Å². The number of hydrogen-bond donors (Lipinski definition) is 1. The maximum absolute atomic E-state index is 12.4. The van der Waals surface area contributed by atoms with Crippen molar-refractivity contribution in [2.24, 2.45) is 5.92 Å². The highest BCUT2D eigenvalue weighted by Crippen LogP contribution is 2.21. The molecule has 1 aromatic heterocycles. The van der Waals surface area contributed by atoms with Gasteiger partial charge < -0.3 is 14.6 Å². The summed E-state index contributed by atoms with van der Waals surface area (Å²) >= 11 is 0. The molecule has 1 saturated heterocycles. The molecule has 3 rings (SSSR count). The van der Waals surface area contributed by atoms with Gasteiger partial charge in [-0.3, -0.25) is 9.69 Å². The molecule has 1 unspecified atom stereocenters. The average molecular weight is 358 g/mol. The fourth-order valence-electron chi connectivity index (χ4n) is 3.13. The lowest BCUT2D eigenvalue weighted by Crippen LogP contribution is -2.37. The van der Waals surface area contributed by atoms with E-state index < -0.39 is 0 Å². The minimum atomic E-state index is -0.162. The molecule has 2 aromatic rings. The number of hydrogen-bond acceptors (Lipinski definition) is 6. The largest absolute Gasteiger partial charge is 0.371 e. The van der Waals surface area contributed by atoms with Gasteiger partial charge in [-0.15, -0.1) is 0 Å². The Labute approximate surface area is 153 Å². The Morgan fingerprint density at radius 1 is 1.35 bits per heavy atom. The van der Waals surface area contributed by atoms with Gasteiger partial charge in [0.15, 0.2) is 5.82 Å². The first kappa shape index (κ1) is 18.5. The summed E-state index contributed by atoms with van der Waals surface area (Å²) in [6.07, 6.45) is 1.49. The molecule has 1 aliphatic heterocycles. The summed E-state index contributed by atoms with van der Waals surface area (Å²) < 4.78 is 10.8. The van der Waals surface area contributed by atoms with Gasteiger partial charge in [-0.25, -0.2) is 0 Å². The van der Waals surface area contributed by atoms with Crippen LogP contribution in [0.4, 0.5) is 5.69 Å². The van der Waals surface area contributed by atoms with Gasteiger partial charge in [0.25, 0.3) is 0 Å². The van der Waals surface area contributed by atoms with Gasteiger partial charge in [0.05, 0.1) is 6.54 Å². The Hall–Kier alpha value is -2.25. The molecule has 7 nitrogen and oxygen atoms in total. The predicted molar refractivity (Wildman–Crippen MR) is 97.4 cm³/mol. The van der Waals surface area contributed by atoms with E-state index >= 15 is 0 Å². The van der Waals surface area contributed by atoms with Crippen LogP contribution >= 0.6 is 0 Å². The molecular formula is C19H26N4O3. The first-order chi connectivity index (χ1) is 12.7. The predicted octanol–water partition coefficient (Wildman–Crippen LogP) is 3.02. The van der Waals surface area contributed by atoms with Crippen molar-refractivity contribution in [2.45, 2.75) is 39.3 Å². The van der Waals surface area contributed by atoms with E-state index in [4.69, 9.17) is 9.26 Å². The van der Waals surface area contributed by atoms with Crippen LogP contribution in [0, 0.1) is 5.92 Å². The second kappa shape index (κ2) is 8.91. The quantitative estimate of drug-likeness (QED) is 0.819. The average Bonchev–Trinajstić information content (AvgIpc) is 3.12. The number of amides is 1. The zero-order valence-corrected chi connectivity index (χ0v) is 15.4. The number of carbonyl (C=O) groups excluding carboxylic acids is 1. The number of ether oxygens (including phenoxy) is 1. The zero-order valence-electron chi connectivity index (χ0n) is 15.4. The molecule has 2 heterocycles. The summed E-state index contributed by atoms with van der Waals surface area (Å²) in [5.41, 5.74) is 0.849. The van der Waals surface area contributed by atoms with Crippen LogP contribution < -0.4 is 5.32 Å². The summed E-state index contributed by atoms with van der Waals surface area (Å²) in [6, 6.07) is 9.59. The van der Waals surface area contributed by atoms with Crippen LogP contribution in [0.15, 0.2) is 34.9 Å². The smallest absolute Gasteiger partial charge is 0.240 e. The van der Waals surface area contributed by atoms with E-state index in [2.05, 4.69) is 20.4 Å². The van der Waals surface area contributed by atoms with Crippen molar-refractivity contribution in [1.82, 2.24) is 15.0 Å². The molecule has 0 aliphatic carbocycles. The van der Waals surface area contributed by atoms with Crippen LogP contribution in [0.5, 0.6) is 0 Å². The van der Waals surface area contributed by atoms with Crippen molar-refractivity contribution >= 4 is 11.6 Å². The van der Waals surface area contributed by atoms with Gasteiger partial charge in [0.2, 0.25) is 11.8 Å². The summed E-state index contributed by atoms with van der Waals surface area (Å²) in [6.45, 7) is 6.75. The van der Waals surface area contributed by atoms with E-state index in [9.17, 15) is 4.79 Å². The normalized spacial score (nSPS) is 17.2. The molecule has 1 N–H and O–H groups in total. The Kier molecular flexibility index (Phi) is 6.35. The second-order valence-electron chi connectivity index (χ2n) is 6.55. The lowest BCUT2D eigenvalue weighted by molar-refractivity contribution is -0.121. The number of piperidine rings is 1. The molecule has 1 amide bonds. The highest BCUT2D eigenvalue weighted by atomic mass is 16.5. The molecule has 140 valence electrons. The van der Waals surface area contributed by atoms with Gasteiger partial charge in [0.1, 0.15) is 6.10 Å². The number of nitrogens with zero attached hydrogens (tertiary/aromatic N) is 3. The van der Waals surface area contributed by atoms with Crippen LogP contribution in [0.3, 0.4) is 0 Å². The first-order valence-corrected chi connectivity index (χ1v) is 9.18.